The molecular formula is C13H16FNO4. The van der Waals surface area contributed by atoms with Crippen molar-refractivity contribution in [2.75, 3.05) is 7.11 Å². The predicted octanol–water partition coefficient (Wildman–Crippen LogP) is 1.73. The number of benzene rings is 1. The van der Waals surface area contributed by atoms with Crippen LogP contribution in [0.25, 0.3) is 0 Å². The summed E-state index contributed by atoms with van der Waals surface area (Å²) in [5.74, 6) is -3.32. The Kier molecular flexibility index (Phi) is 4.86. The third-order valence-corrected chi connectivity index (χ3v) is 2.79. The summed E-state index contributed by atoms with van der Waals surface area (Å²) < 4.78 is 18.8. The van der Waals surface area contributed by atoms with E-state index >= 15 is 0 Å². The molecule has 0 aromatic heterocycles. The Hall–Kier alpha value is -2.11. The standard InChI is InChI=1S/C13H16FNO4/c1-7(13(17)18)12(16)15-8(2)11-9(14)5-4-6-10(11)19-3/h4-8H,1-3H3,(H,15,16)(H,17,18). The molecule has 0 radical (unpaired) electrons. The SMILES string of the molecule is COc1cccc(F)c1C(C)NC(=O)C(C)C(=O)O. The van der Waals surface area contributed by atoms with Crippen molar-refractivity contribution in [2.45, 2.75) is 19.9 Å². The van der Waals surface area contributed by atoms with Crippen LogP contribution in [0.4, 0.5) is 4.39 Å². The van der Waals surface area contributed by atoms with Gasteiger partial charge >= 0.3 is 5.97 Å². The minimum absolute atomic E-state index is 0.191. The molecule has 1 amide bonds. The van der Waals surface area contributed by atoms with Gasteiger partial charge in [0.2, 0.25) is 5.91 Å². The van der Waals surface area contributed by atoms with Crippen molar-refractivity contribution in [2.24, 2.45) is 5.92 Å². The maximum Gasteiger partial charge on any atom is 0.315 e. The number of amides is 1. The van der Waals surface area contributed by atoms with Crippen molar-refractivity contribution < 1.29 is 23.8 Å². The largest absolute Gasteiger partial charge is 0.496 e. The summed E-state index contributed by atoms with van der Waals surface area (Å²) in [6, 6.07) is 3.62. The van der Waals surface area contributed by atoms with Gasteiger partial charge in [-0.15, -0.1) is 0 Å². The molecule has 1 rings (SSSR count). The molecule has 2 atom stereocenters. The van der Waals surface area contributed by atoms with Gasteiger partial charge in [0, 0.05) is 0 Å². The number of carboxylic acids is 1. The van der Waals surface area contributed by atoms with Gasteiger partial charge in [-0.2, -0.15) is 0 Å². The molecule has 0 fully saturated rings. The fourth-order valence-electron chi connectivity index (χ4n) is 1.64. The van der Waals surface area contributed by atoms with Crippen LogP contribution in [-0.2, 0) is 9.59 Å². The first-order chi connectivity index (χ1) is 8.88. The maximum absolute atomic E-state index is 13.8. The minimum Gasteiger partial charge on any atom is -0.496 e. The van der Waals surface area contributed by atoms with Gasteiger partial charge in [-0.3, -0.25) is 9.59 Å². The van der Waals surface area contributed by atoms with E-state index < -0.39 is 29.7 Å². The number of carboxylic acid groups (broad SMARTS) is 1. The second-order valence-corrected chi connectivity index (χ2v) is 4.15. The van der Waals surface area contributed by atoms with E-state index in [9.17, 15) is 14.0 Å². The van der Waals surface area contributed by atoms with Gasteiger partial charge in [0.15, 0.2) is 0 Å². The lowest BCUT2D eigenvalue weighted by atomic mass is 10.0. The minimum atomic E-state index is -1.23. The molecule has 0 saturated heterocycles. The van der Waals surface area contributed by atoms with E-state index in [1.54, 1.807) is 13.0 Å². The van der Waals surface area contributed by atoms with E-state index in [4.69, 9.17) is 9.84 Å². The quantitative estimate of drug-likeness (QED) is 0.798. The summed E-state index contributed by atoms with van der Waals surface area (Å²) in [5.41, 5.74) is 0.191. The summed E-state index contributed by atoms with van der Waals surface area (Å²) in [6.07, 6.45) is 0. The van der Waals surface area contributed by atoms with Gasteiger partial charge in [0.25, 0.3) is 0 Å². The first kappa shape index (κ1) is 14.9. The second kappa shape index (κ2) is 6.17. The topological polar surface area (TPSA) is 75.6 Å². The number of hydrogen-bond donors (Lipinski definition) is 2. The number of nitrogens with one attached hydrogen (secondary N) is 1. The molecule has 2 unspecified atom stereocenters. The summed E-state index contributed by atoms with van der Waals surface area (Å²) in [7, 11) is 1.40. The van der Waals surface area contributed by atoms with Gasteiger partial charge in [-0.05, 0) is 26.0 Å². The number of ether oxygens (including phenoxy) is 1. The molecule has 0 saturated carbocycles. The Morgan fingerprint density at radius 3 is 2.53 bits per heavy atom. The summed E-state index contributed by atoms with van der Waals surface area (Å²) in [4.78, 5) is 22.3. The zero-order chi connectivity index (χ0) is 14.6. The molecule has 2 N–H and O–H groups in total. The van der Waals surface area contributed by atoms with E-state index in [2.05, 4.69) is 5.32 Å². The molecule has 0 aliphatic heterocycles. The van der Waals surface area contributed by atoms with Crippen molar-refractivity contribution in [3.05, 3.63) is 29.6 Å². The van der Waals surface area contributed by atoms with Gasteiger partial charge in [-0.1, -0.05) is 6.07 Å². The number of aliphatic carboxylic acids is 1. The van der Waals surface area contributed by atoms with Crippen LogP contribution in [0.5, 0.6) is 5.75 Å². The van der Waals surface area contributed by atoms with Crippen LogP contribution < -0.4 is 10.1 Å². The van der Waals surface area contributed by atoms with Gasteiger partial charge in [0.1, 0.15) is 17.5 Å². The molecule has 104 valence electrons. The van der Waals surface area contributed by atoms with Crippen molar-refractivity contribution >= 4 is 11.9 Å². The lowest BCUT2D eigenvalue weighted by Gasteiger charge is -2.19. The second-order valence-electron chi connectivity index (χ2n) is 4.15. The summed E-state index contributed by atoms with van der Waals surface area (Å²) >= 11 is 0. The molecule has 0 heterocycles. The normalized spacial score (nSPS) is 13.5. The molecule has 6 heteroatoms. The fraction of sp³-hybridized carbons (Fsp3) is 0.385. The molecular weight excluding hydrogens is 253 g/mol. The average molecular weight is 269 g/mol. The van der Waals surface area contributed by atoms with Crippen LogP contribution in [-0.4, -0.2) is 24.1 Å². The number of carbonyl (C=O) groups excluding carboxylic acids is 1. The smallest absolute Gasteiger partial charge is 0.315 e. The van der Waals surface area contributed by atoms with Crippen LogP contribution in [0.3, 0.4) is 0 Å². The number of carbonyl (C=O) groups is 2. The van der Waals surface area contributed by atoms with Gasteiger partial charge in [-0.25, -0.2) is 4.39 Å². The number of methoxy groups -OCH3 is 1. The van der Waals surface area contributed by atoms with E-state index in [0.717, 1.165) is 0 Å². The van der Waals surface area contributed by atoms with Crippen LogP contribution in [0, 0.1) is 11.7 Å². The highest BCUT2D eigenvalue weighted by atomic mass is 19.1. The number of rotatable bonds is 5. The Morgan fingerprint density at radius 1 is 1.37 bits per heavy atom. The van der Waals surface area contributed by atoms with Crippen molar-refractivity contribution in [3.8, 4) is 5.75 Å². The van der Waals surface area contributed by atoms with Crippen LogP contribution in [0.2, 0.25) is 0 Å². The highest BCUT2D eigenvalue weighted by Gasteiger charge is 2.24. The fourth-order valence-corrected chi connectivity index (χ4v) is 1.64. The lowest BCUT2D eigenvalue weighted by Crippen LogP contribution is -2.35. The third kappa shape index (κ3) is 3.43. The Labute approximate surface area is 110 Å². The van der Waals surface area contributed by atoms with Gasteiger partial charge < -0.3 is 15.2 Å². The van der Waals surface area contributed by atoms with Crippen LogP contribution in [0.15, 0.2) is 18.2 Å². The van der Waals surface area contributed by atoms with Crippen LogP contribution in [0.1, 0.15) is 25.5 Å². The number of halogens is 1. The zero-order valence-corrected chi connectivity index (χ0v) is 10.9. The van der Waals surface area contributed by atoms with E-state index in [0.29, 0.717) is 5.75 Å². The summed E-state index contributed by atoms with van der Waals surface area (Å²) in [6.45, 7) is 2.83. The maximum atomic E-state index is 13.8. The zero-order valence-electron chi connectivity index (χ0n) is 10.9. The molecule has 5 nitrogen and oxygen atoms in total. The predicted molar refractivity (Wildman–Crippen MR) is 66.3 cm³/mol. The molecule has 1 aromatic rings. The third-order valence-electron chi connectivity index (χ3n) is 2.79. The van der Waals surface area contributed by atoms with Gasteiger partial charge in [0.05, 0.1) is 18.7 Å². The Morgan fingerprint density at radius 2 is 2.00 bits per heavy atom. The number of hydrogen-bond acceptors (Lipinski definition) is 3. The lowest BCUT2D eigenvalue weighted by molar-refractivity contribution is -0.146. The van der Waals surface area contributed by atoms with E-state index in [1.807, 2.05) is 0 Å². The highest BCUT2D eigenvalue weighted by molar-refractivity contribution is 5.96. The van der Waals surface area contributed by atoms with Crippen molar-refractivity contribution in [3.63, 3.8) is 0 Å². The average Bonchev–Trinajstić information content (AvgIpc) is 2.36. The molecule has 0 aliphatic rings. The first-order valence-corrected chi connectivity index (χ1v) is 5.74. The molecule has 0 spiro atoms. The van der Waals surface area contributed by atoms with Crippen molar-refractivity contribution in [1.29, 1.82) is 0 Å². The van der Waals surface area contributed by atoms with Crippen LogP contribution >= 0.6 is 0 Å². The molecule has 0 aliphatic carbocycles. The van der Waals surface area contributed by atoms with E-state index in [-0.39, 0.29) is 5.56 Å². The Bertz CT molecular complexity index is 490. The Balaban J connectivity index is 2.93. The highest BCUT2D eigenvalue weighted by Crippen LogP contribution is 2.27. The summed E-state index contributed by atoms with van der Waals surface area (Å²) in [5, 5.41) is 11.2. The molecule has 0 bridgehead atoms. The van der Waals surface area contributed by atoms with E-state index in [1.165, 1.54) is 26.2 Å². The molecule has 19 heavy (non-hydrogen) atoms. The van der Waals surface area contributed by atoms with Crippen molar-refractivity contribution in [1.82, 2.24) is 5.32 Å². The molecule has 1 aromatic carbocycles. The monoisotopic (exact) mass is 269 g/mol. The first-order valence-electron chi connectivity index (χ1n) is 5.74.